The van der Waals surface area contributed by atoms with E-state index in [2.05, 4.69) is 29.6 Å². The first-order valence-electron chi connectivity index (χ1n) is 10.1. The molecule has 2 amide bonds. The molecular weight excluding hydrogens is 439 g/mol. The van der Waals surface area contributed by atoms with Crippen molar-refractivity contribution in [2.75, 3.05) is 12.3 Å². The van der Waals surface area contributed by atoms with E-state index in [-0.39, 0.29) is 18.4 Å². The SMILES string of the molecule is CCNC(=O)[C@H](CC)N(Cc1c(Cl)cccc1Cl)C(=O)CCSc1ccc(C)cc1. The predicted octanol–water partition coefficient (Wildman–Crippen LogP) is 5.73. The molecule has 1 N–H and O–H groups in total. The maximum Gasteiger partial charge on any atom is 0.242 e. The van der Waals surface area contributed by atoms with E-state index in [1.54, 1.807) is 34.9 Å². The monoisotopic (exact) mass is 466 g/mol. The number of nitrogens with one attached hydrogen (secondary N) is 1. The Morgan fingerprint density at radius 2 is 1.70 bits per heavy atom. The van der Waals surface area contributed by atoms with Crippen LogP contribution in [0.3, 0.4) is 0 Å². The van der Waals surface area contributed by atoms with E-state index >= 15 is 0 Å². The van der Waals surface area contributed by atoms with E-state index in [0.29, 0.717) is 40.7 Å². The van der Waals surface area contributed by atoms with Crippen LogP contribution in [-0.4, -0.2) is 35.1 Å². The van der Waals surface area contributed by atoms with Gasteiger partial charge in [0, 0.05) is 45.8 Å². The van der Waals surface area contributed by atoms with Crippen LogP contribution < -0.4 is 5.32 Å². The molecule has 2 rings (SSSR count). The zero-order chi connectivity index (χ0) is 22.1. The second-order valence-electron chi connectivity index (χ2n) is 6.95. The summed E-state index contributed by atoms with van der Waals surface area (Å²) >= 11 is 14.3. The third kappa shape index (κ3) is 6.93. The lowest BCUT2D eigenvalue weighted by atomic mass is 10.1. The number of rotatable bonds is 10. The lowest BCUT2D eigenvalue weighted by Crippen LogP contribution is -2.49. The van der Waals surface area contributed by atoms with E-state index < -0.39 is 6.04 Å². The molecule has 0 bridgehead atoms. The molecule has 0 aliphatic carbocycles. The fourth-order valence-corrected chi connectivity index (χ4v) is 4.46. The molecule has 0 spiro atoms. The van der Waals surface area contributed by atoms with Gasteiger partial charge in [0.1, 0.15) is 6.04 Å². The minimum Gasteiger partial charge on any atom is -0.355 e. The second kappa shape index (κ2) is 12.2. The number of hydrogen-bond acceptors (Lipinski definition) is 3. The Morgan fingerprint density at radius 3 is 2.27 bits per heavy atom. The van der Waals surface area contributed by atoms with Crippen LogP contribution in [0, 0.1) is 6.92 Å². The highest BCUT2D eigenvalue weighted by Crippen LogP contribution is 2.28. The molecule has 0 aliphatic heterocycles. The molecule has 0 saturated heterocycles. The Kier molecular flexibility index (Phi) is 10.0. The summed E-state index contributed by atoms with van der Waals surface area (Å²) < 4.78 is 0. The number of amides is 2. The first kappa shape index (κ1) is 24.6. The van der Waals surface area contributed by atoms with Crippen molar-refractivity contribution in [2.45, 2.75) is 51.1 Å². The summed E-state index contributed by atoms with van der Waals surface area (Å²) in [5.74, 6) is 0.368. The fraction of sp³-hybridized carbons (Fsp3) is 0.391. The highest BCUT2D eigenvalue weighted by Gasteiger charge is 2.29. The average molecular weight is 467 g/mol. The molecule has 0 aliphatic rings. The average Bonchev–Trinajstić information content (AvgIpc) is 2.71. The predicted molar refractivity (Wildman–Crippen MR) is 126 cm³/mol. The maximum atomic E-state index is 13.2. The molecule has 162 valence electrons. The van der Waals surface area contributed by atoms with Crippen LogP contribution in [0.15, 0.2) is 47.4 Å². The van der Waals surface area contributed by atoms with E-state index in [1.165, 1.54) is 5.56 Å². The van der Waals surface area contributed by atoms with Crippen molar-refractivity contribution in [2.24, 2.45) is 0 Å². The first-order valence-corrected chi connectivity index (χ1v) is 11.8. The number of carbonyl (C=O) groups is 2. The van der Waals surface area contributed by atoms with Crippen LogP contribution in [-0.2, 0) is 16.1 Å². The number of benzene rings is 2. The van der Waals surface area contributed by atoms with Crippen LogP contribution in [0.5, 0.6) is 0 Å². The summed E-state index contributed by atoms with van der Waals surface area (Å²) in [6, 6.07) is 12.9. The van der Waals surface area contributed by atoms with E-state index in [1.807, 2.05) is 20.8 Å². The zero-order valence-electron chi connectivity index (χ0n) is 17.6. The minimum absolute atomic E-state index is 0.0938. The van der Waals surface area contributed by atoms with Gasteiger partial charge in [-0.15, -0.1) is 11.8 Å². The third-order valence-electron chi connectivity index (χ3n) is 4.73. The summed E-state index contributed by atoms with van der Waals surface area (Å²) in [4.78, 5) is 28.5. The second-order valence-corrected chi connectivity index (χ2v) is 8.93. The minimum atomic E-state index is -0.575. The maximum absolute atomic E-state index is 13.2. The lowest BCUT2D eigenvalue weighted by Gasteiger charge is -2.31. The van der Waals surface area contributed by atoms with Crippen molar-refractivity contribution in [1.29, 1.82) is 0 Å². The Labute approximate surface area is 193 Å². The van der Waals surface area contributed by atoms with Gasteiger partial charge in [0.25, 0.3) is 0 Å². The first-order chi connectivity index (χ1) is 14.4. The molecule has 4 nitrogen and oxygen atoms in total. The Bertz CT molecular complexity index is 839. The molecule has 0 heterocycles. The molecule has 0 unspecified atom stereocenters. The highest BCUT2D eigenvalue weighted by molar-refractivity contribution is 7.99. The molecule has 2 aromatic carbocycles. The number of hydrogen-bond donors (Lipinski definition) is 1. The standard InChI is InChI=1S/C23H28Cl2N2O2S/c1-4-21(23(29)26-5-2)27(15-18-19(24)7-6-8-20(18)25)22(28)13-14-30-17-11-9-16(3)10-12-17/h6-12,21H,4-5,13-15H2,1-3H3,(H,26,29)/t21-/m0/s1. The van der Waals surface area contributed by atoms with Gasteiger partial charge in [-0.1, -0.05) is 53.9 Å². The summed E-state index contributed by atoms with van der Waals surface area (Å²) in [5, 5.41) is 3.80. The van der Waals surface area contributed by atoms with Crippen molar-refractivity contribution in [3.63, 3.8) is 0 Å². The largest absolute Gasteiger partial charge is 0.355 e. The Morgan fingerprint density at radius 1 is 1.07 bits per heavy atom. The molecule has 0 fully saturated rings. The van der Waals surface area contributed by atoms with Gasteiger partial charge in [-0.25, -0.2) is 0 Å². The summed E-state index contributed by atoms with van der Waals surface area (Å²) in [6.07, 6.45) is 0.821. The Balaban J connectivity index is 2.17. The highest BCUT2D eigenvalue weighted by atomic mass is 35.5. The van der Waals surface area contributed by atoms with Gasteiger partial charge >= 0.3 is 0 Å². The van der Waals surface area contributed by atoms with Gasteiger partial charge in [-0.05, 0) is 44.5 Å². The van der Waals surface area contributed by atoms with Gasteiger partial charge in [0.05, 0.1) is 0 Å². The number of likely N-dealkylation sites (N-methyl/N-ethyl adjacent to an activating group) is 1. The summed E-state index contributed by atoms with van der Waals surface area (Å²) in [7, 11) is 0. The summed E-state index contributed by atoms with van der Waals surface area (Å²) in [6.45, 7) is 6.51. The van der Waals surface area contributed by atoms with Crippen molar-refractivity contribution in [3.8, 4) is 0 Å². The fourth-order valence-electron chi connectivity index (χ4n) is 3.10. The summed E-state index contributed by atoms with van der Waals surface area (Å²) in [5.41, 5.74) is 1.86. The van der Waals surface area contributed by atoms with E-state index in [4.69, 9.17) is 23.2 Å². The third-order valence-corrected chi connectivity index (χ3v) is 6.45. The quantitative estimate of drug-likeness (QED) is 0.454. The number of aryl methyl sites for hydroxylation is 1. The van der Waals surface area contributed by atoms with E-state index in [0.717, 1.165) is 4.90 Å². The number of nitrogens with zero attached hydrogens (tertiary/aromatic N) is 1. The van der Waals surface area contributed by atoms with Crippen molar-refractivity contribution in [1.82, 2.24) is 10.2 Å². The topological polar surface area (TPSA) is 49.4 Å². The normalized spacial score (nSPS) is 11.8. The van der Waals surface area contributed by atoms with Gasteiger partial charge in [-0.2, -0.15) is 0 Å². The van der Waals surface area contributed by atoms with Crippen LogP contribution in [0.1, 0.15) is 37.8 Å². The molecule has 0 aromatic heterocycles. The molecule has 1 atom stereocenters. The molecule has 30 heavy (non-hydrogen) atoms. The Hall–Kier alpha value is -1.69. The van der Waals surface area contributed by atoms with Gasteiger partial charge in [0.2, 0.25) is 11.8 Å². The van der Waals surface area contributed by atoms with Crippen LogP contribution >= 0.6 is 35.0 Å². The zero-order valence-corrected chi connectivity index (χ0v) is 19.9. The number of carbonyl (C=O) groups excluding carboxylic acids is 2. The van der Waals surface area contributed by atoms with Crippen LogP contribution in [0.25, 0.3) is 0 Å². The van der Waals surface area contributed by atoms with Crippen molar-refractivity contribution in [3.05, 3.63) is 63.6 Å². The van der Waals surface area contributed by atoms with Crippen LogP contribution in [0.2, 0.25) is 10.0 Å². The molecular formula is C23H28Cl2N2O2S. The number of halogens is 2. The van der Waals surface area contributed by atoms with E-state index in [9.17, 15) is 9.59 Å². The molecule has 0 radical (unpaired) electrons. The lowest BCUT2D eigenvalue weighted by molar-refractivity contribution is -0.141. The van der Waals surface area contributed by atoms with Gasteiger partial charge in [0.15, 0.2) is 0 Å². The smallest absolute Gasteiger partial charge is 0.242 e. The molecule has 7 heteroatoms. The van der Waals surface area contributed by atoms with Crippen LogP contribution in [0.4, 0.5) is 0 Å². The van der Waals surface area contributed by atoms with Gasteiger partial charge < -0.3 is 10.2 Å². The molecule has 2 aromatic rings. The van der Waals surface area contributed by atoms with Gasteiger partial charge in [-0.3, -0.25) is 9.59 Å². The molecule has 0 saturated carbocycles. The van der Waals surface area contributed by atoms with Crippen molar-refractivity contribution >= 4 is 46.8 Å². The van der Waals surface area contributed by atoms with Crippen molar-refractivity contribution < 1.29 is 9.59 Å². The number of thioether (sulfide) groups is 1.